The molecular formula is C35H60O4Si2. The van der Waals surface area contributed by atoms with Crippen molar-refractivity contribution in [2.24, 2.45) is 29.1 Å². The Bertz CT molecular complexity index is 1080. The van der Waals surface area contributed by atoms with Crippen LogP contribution in [-0.2, 0) is 18.4 Å². The standard InChI is InChI=1S/C35H60O4Si2/c1-14-28-19-20-30-25(16-15-21-35(28,30)9)17-18-26-22-27(31(36)38-40(10,11)33(3,4)5)23-29(24(26)2)32(37)39-41(12,13)34(6,7)8/h17-18,27-30H,2,14-16,19-23H2,1,3-13H3/b25-17+,26-18-/t27-,28-,29-,30-,35+/m0/s1. The zero-order valence-corrected chi connectivity index (χ0v) is 30.5. The molecule has 0 N–H and O–H groups in total. The minimum atomic E-state index is -2.33. The van der Waals surface area contributed by atoms with Gasteiger partial charge in [0.15, 0.2) is 0 Å². The molecule has 0 aromatic heterocycles. The van der Waals surface area contributed by atoms with Crippen molar-refractivity contribution in [2.75, 3.05) is 0 Å². The predicted molar refractivity (Wildman–Crippen MR) is 177 cm³/mol. The van der Waals surface area contributed by atoms with Gasteiger partial charge in [0.1, 0.15) is 0 Å². The summed E-state index contributed by atoms with van der Waals surface area (Å²) in [7, 11) is -4.62. The first-order valence-corrected chi connectivity index (χ1v) is 22.0. The fourth-order valence-electron chi connectivity index (χ4n) is 6.91. The number of carbonyl (C=O) groups is 2. The zero-order chi connectivity index (χ0) is 31.2. The maximum Gasteiger partial charge on any atom is 0.300 e. The van der Waals surface area contributed by atoms with Crippen LogP contribution in [0.3, 0.4) is 0 Å². The molecule has 6 heteroatoms. The van der Waals surface area contributed by atoms with Gasteiger partial charge in [0.05, 0.1) is 11.8 Å². The van der Waals surface area contributed by atoms with Crippen molar-refractivity contribution < 1.29 is 18.4 Å². The van der Waals surface area contributed by atoms with Gasteiger partial charge in [-0.1, -0.05) is 86.1 Å². The summed E-state index contributed by atoms with van der Waals surface area (Å²) in [4.78, 5) is 27.5. The predicted octanol–water partition coefficient (Wildman–Crippen LogP) is 10.1. The van der Waals surface area contributed by atoms with Crippen molar-refractivity contribution in [1.29, 1.82) is 0 Å². The van der Waals surface area contributed by atoms with E-state index in [1.165, 1.54) is 32.1 Å². The zero-order valence-electron chi connectivity index (χ0n) is 28.5. The summed E-state index contributed by atoms with van der Waals surface area (Å²) in [5.74, 6) is 0.151. The topological polar surface area (TPSA) is 52.6 Å². The van der Waals surface area contributed by atoms with Gasteiger partial charge in [-0.3, -0.25) is 9.59 Å². The molecule has 3 aliphatic rings. The molecule has 0 saturated heterocycles. The average molecular weight is 601 g/mol. The average Bonchev–Trinajstić information content (AvgIpc) is 3.17. The number of carbonyl (C=O) groups excluding carboxylic acids is 2. The van der Waals surface area contributed by atoms with Crippen LogP contribution in [0.4, 0.5) is 0 Å². The Hall–Kier alpha value is -1.41. The van der Waals surface area contributed by atoms with Gasteiger partial charge in [0.2, 0.25) is 0 Å². The maximum atomic E-state index is 13.8. The molecule has 3 fully saturated rings. The molecule has 0 bridgehead atoms. The molecule has 3 aliphatic carbocycles. The molecule has 41 heavy (non-hydrogen) atoms. The second-order valence-electron chi connectivity index (χ2n) is 16.6. The van der Waals surface area contributed by atoms with E-state index in [0.29, 0.717) is 24.2 Å². The summed E-state index contributed by atoms with van der Waals surface area (Å²) in [5.41, 5.74) is 3.77. The number of hydrogen-bond acceptors (Lipinski definition) is 4. The van der Waals surface area contributed by atoms with Gasteiger partial charge in [0.25, 0.3) is 28.6 Å². The number of fused-ring (bicyclic) bond motifs is 1. The first-order valence-electron chi connectivity index (χ1n) is 16.2. The van der Waals surface area contributed by atoms with Gasteiger partial charge < -0.3 is 8.85 Å². The fourth-order valence-corrected chi connectivity index (χ4v) is 8.84. The molecule has 3 rings (SSSR count). The Balaban J connectivity index is 1.95. The third-order valence-corrected chi connectivity index (χ3v) is 20.6. The van der Waals surface area contributed by atoms with Gasteiger partial charge in [-0.15, -0.1) is 0 Å². The van der Waals surface area contributed by atoms with Crippen LogP contribution in [0, 0.1) is 29.1 Å². The van der Waals surface area contributed by atoms with Crippen LogP contribution in [0.1, 0.15) is 107 Å². The Morgan fingerprint density at radius 2 is 1.51 bits per heavy atom. The van der Waals surface area contributed by atoms with Crippen LogP contribution in [-0.4, -0.2) is 28.6 Å². The highest BCUT2D eigenvalue weighted by Gasteiger charge is 2.49. The molecule has 5 atom stereocenters. The molecule has 0 aromatic carbocycles. The van der Waals surface area contributed by atoms with E-state index in [-0.39, 0.29) is 27.9 Å². The Kier molecular flexibility index (Phi) is 9.93. The number of rotatable bonds is 6. The van der Waals surface area contributed by atoms with Crippen molar-refractivity contribution in [3.63, 3.8) is 0 Å². The van der Waals surface area contributed by atoms with Crippen LogP contribution in [0.5, 0.6) is 0 Å². The van der Waals surface area contributed by atoms with E-state index in [2.05, 4.69) is 100 Å². The van der Waals surface area contributed by atoms with E-state index in [9.17, 15) is 9.59 Å². The van der Waals surface area contributed by atoms with E-state index >= 15 is 0 Å². The minimum absolute atomic E-state index is 0.0735. The third-order valence-electron chi connectivity index (χ3n) is 11.9. The lowest BCUT2D eigenvalue weighted by atomic mass is 9.63. The van der Waals surface area contributed by atoms with Crippen LogP contribution < -0.4 is 0 Å². The smallest absolute Gasteiger partial charge is 0.300 e. The monoisotopic (exact) mass is 600 g/mol. The van der Waals surface area contributed by atoms with Crippen molar-refractivity contribution in [3.05, 3.63) is 35.5 Å². The SMILES string of the molecule is C=C1/C(=C\C=C2/CCC[C@]3(C)[C@@H](CC)CC[C@@H]23)C[C@H](C(=O)O[Si](C)(C)C(C)(C)C)C[C@@H]1C(=O)O[Si](C)(C)C(C)(C)C. The lowest BCUT2D eigenvalue weighted by Gasteiger charge is -2.42. The summed E-state index contributed by atoms with van der Waals surface area (Å²) < 4.78 is 12.6. The number of hydrogen-bond donors (Lipinski definition) is 0. The highest BCUT2D eigenvalue weighted by Crippen LogP contribution is 2.58. The van der Waals surface area contributed by atoms with Crippen LogP contribution in [0.15, 0.2) is 35.5 Å². The lowest BCUT2D eigenvalue weighted by molar-refractivity contribution is -0.143. The van der Waals surface area contributed by atoms with Crippen LogP contribution in [0.2, 0.25) is 36.3 Å². The summed E-state index contributed by atoms with van der Waals surface area (Å²) in [6.45, 7) is 30.6. The largest absolute Gasteiger partial charge is 0.519 e. The second kappa shape index (κ2) is 11.9. The molecule has 232 valence electrons. The normalized spacial score (nSPS) is 31.8. The maximum absolute atomic E-state index is 13.8. The Labute approximate surface area is 254 Å². The number of allylic oxidation sites excluding steroid dienone is 4. The molecule has 0 amide bonds. The van der Waals surface area contributed by atoms with Crippen molar-refractivity contribution >= 4 is 28.6 Å². The Morgan fingerprint density at radius 3 is 2.05 bits per heavy atom. The van der Waals surface area contributed by atoms with Gasteiger partial charge in [-0.25, -0.2) is 0 Å². The summed E-state index contributed by atoms with van der Waals surface area (Å²) >= 11 is 0. The van der Waals surface area contributed by atoms with E-state index in [1.54, 1.807) is 5.57 Å². The minimum Gasteiger partial charge on any atom is -0.519 e. The third kappa shape index (κ3) is 7.05. The van der Waals surface area contributed by atoms with Crippen molar-refractivity contribution in [3.8, 4) is 0 Å². The summed E-state index contributed by atoms with van der Waals surface area (Å²) in [6.07, 6.45) is 13.1. The molecule has 3 saturated carbocycles. The van der Waals surface area contributed by atoms with E-state index in [0.717, 1.165) is 23.5 Å². The highest BCUT2D eigenvalue weighted by atomic mass is 28.4. The van der Waals surface area contributed by atoms with E-state index in [4.69, 9.17) is 8.85 Å². The quantitative estimate of drug-likeness (QED) is 0.285. The summed E-state index contributed by atoms with van der Waals surface area (Å²) in [6, 6.07) is 0. The molecule has 0 aliphatic heterocycles. The van der Waals surface area contributed by atoms with Gasteiger partial charge in [-0.2, -0.15) is 0 Å². The molecule has 0 aromatic rings. The van der Waals surface area contributed by atoms with Crippen molar-refractivity contribution in [1.82, 2.24) is 0 Å². The van der Waals surface area contributed by atoms with Crippen LogP contribution >= 0.6 is 0 Å². The van der Waals surface area contributed by atoms with Crippen molar-refractivity contribution in [2.45, 2.75) is 143 Å². The Morgan fingerprint density at radius 1 is 0.951 bits per heavy atom. The molecule has 0 spiro atoms. The molecule has 4 nitrogen and oxygen atoms in total. The first kappa shape index (κ1) is 34.1. The molecular weight excluding hydrogens is 541 g/mol. The first-order chi connectivity index (χ1) is 18.6. The van der Waals surface area contributed by atoms with E-state index < -0.39 is 22.6 Å². The van der Waals surface area contributed by atoms with Gasteiger partial charge in [-0.05, 0) is 110 Å². The van der Waals surface area contributed by atoms with Crippen LogP contribution in [0.25, 0.3) is 0 Å². The van der Waals surface area contributed by atoms with Gasteiger partial charge in [0, 0.05) is 0 Å². The molecule has 0 unspecified atom stereocenters. The molecule has 0 radical (unpaired) electrons. The summed E-state index contributed by atoms with van der Waals surface area (Å²) in [5, 5.41) is -0.163. The lowest BCUT2D eigenvalue weighted by Crippen LogP contribution is -2.46. The fraction of sp³-hybridized carbons (Fsp3) is 0.771. The van der Waals surface area contributed by atoms with Gasteiger partial charge >= 0.3 is 0 Å². The molecule has 0 heterocycles. The van der Waals surface area contributed by atoms with E-state index in [1.807, 2.05) is 0 Å². The highest BCUT2D eigenvalue weighted by molar-refractivity contribution is 6.75. The second-order valence-corrected chi connectivity index (χ2v) is 26.1.